The molecule has 0 N–H and O–H groups in total. The summed E-state index contributed by atoms with van der Waals surface area (Å²) in [5.41, 5.74) is 1.65. The minimum atomic E-state index is -0.679. The summed E-state index contributed by atoms with van der Waals surface area (Å²) in [5, 5.41) is 0.214. The first-order valence-corrected chi connectivity index (χ1v) is 10.5. The maximum absolute atomic E-state index is 15.5. The van der Waals surface area contributed by atoms with Crippen molar-refractivity contribution in [3.63, 3.8) is 0 Å². The average Bonchev–Trinajstić information content (AvgIpc) is 2.66. The van der Waals surface area contributed by atoms with Gasteiger partial charge in [0.2, 0.25) is 0 Å². The molecule has 0 amide bonds. The molecule has 3 rings (SSSR count). The average molecular weight is 451 g/mol. The number of hydrogen-bond donors (Lipinski definition) is 0. The standard InChI is InChI=1S/C25H23Cl2F3/c1-14(2)17-10-8-15(22(27)24(17)30)13-25(3,4)20-7-5-6-19(23(20)29)18-11-9-16(28)12-21(18)26/h5-12,14H,13H2,1-4H3. The molecule has 0 radical (unpaired) electrons. The lowest BCUT2D eigenvalue weighted by Crippen LogP contribution is -2.23. The minimum Gasteiger partial charge on any atom is -0.207 e. The van der Waals surface area contributed by atoms with Gasteiger partial charge >= 0.3 is 0 Å². The Hall–Kier alpha value is -1.97. The van der Waals surface area contributed by atoms with Crippen LogP contribution in [0.4, 0.5) is 13.2 Å². The molecule has 0 aliphatic carbocycles. The van der Waals surface area contributed by atoms with E-state index < -0.39 is 22.9 Å². The van der Waals surface area contributed by atoms with Gasteiger partial charge in [0.05, 0.1) is 10.0 Å². The van der Waals surface area contributed by atoms with Crippen molar-refractivity contribution in [2.24, 2.45) is 0 Å². The van der Waals surface area contributed by atoms with Crippen molar-refractivity contribution >= 4 is 23.2 Å². The van der Waals surface area contributed by atoms with Gasteiger partial charge in [-0.25, -0.2) is 13.2 Å². The van der Waals surface area contributed by atoms with Gasteiger partial charge < -0.3 is 0 Å². The monoisotopic (exact) mass is 450 g/mol. The van der Waals surface area contributed by atoms with Crippen molar-refractivity contribution in [2.75, 3.05) is 0 Å². The van der Waals surface area contributed by atoms with Crippen LogP contribution in [-0.2, 0) is 11.8 Å². The smallest absolute Gasteiger partial charge is 0.145 e. The van der Waals surface area contributed by atoms with Crippen molar-refractivity contribution in [2.45, 2.75) is 45.4 Å². The quantitative estimate of drug-likeness (QED) is 0.364. The molecule has 0 spiro atoms. The van der Waals surface area contributed by atoms with Gasteiger partial charge in [-0.2, -0.15) is 0 Å². The van der Waals surface area contributed by atoms with Crippen LogP contribution in [0.5, 0.6) is 0 Å². The molecule has 0 saturated heterocycles. The highest BCUT2D eigenvalue weighted by atomic mass is 35.5. The summed E-state index contributed by atoms with van der Waals surface area (Å²) in [4.78, 5) is 0. The SMILES string of the molecule is CC(C)c1ccc(CC(C)(C)c2cccc(-c3ccc(F)cc3Cl)c2F)c(Cl)c1F. The maximum atomic E-state index is 15.5. The molecule has 30 heavy (non-hydrogen) atoms. The highest BCUT2D eigenvalue weighted by Crippen LogP contribution is 2.38. The lowest BCUT2D eigenvalue weighted by Gasteiger charge is -2.28. The molecule has 0 bridgehead atoms. The van der Waals surface area contributed by atoms with Gasteiger partial charge in [0.25, 0.3) is 0 Å². The zero-order valence-corrected chi connectivity index (χ0v) is 18.8. The predicted octanol–water partition coefficient (Wildman–Crippen LogP) is 8.72. The van der Waals surface area contributed by atoms with Crippen LogP contribution in [0.1, 0.15) is 50.3 Å². The molecule has 0 aliphatic rings. The number of halogens is 5. The van der Waals surface area contributed by atoms with Crippen LogP contribution >= 0.6 is 23.2 Å². The molecule has 3 aromatic rings. The summed E-state index contributed by atoms with van der Waals surface area (Å²) in [6.45, 7) is 7.57. The third-order valence-electron chi connectivity index (χ3n) is 5.40. The third kappa shape index (κ3) is 4.38. The first-order valence-electron chi connectivity index (χ1n) is 9.74. The number of rotatable bonds is 5. The molecule has 158 valence electrons. The zero-order chi connectivity index (χ0) is 22.2. The van der Waals surface area contributed by atoms with Gasteiger partial charge in [-0.15, -0.1) is 0 Å². The van der Waals surface area contributed by atoms with E-state index in [9.17, 15) is 8.78 Å². The minimum absolute atomic E-state index is 0.0131. The van der Waals surface area contributed by atoms with E-state index in [4.69, 9.17) is 23.2 Å². The Labute approximate surface area is 185 Å². The zero-order valence-electron chi connectivity index (χ0n) is 17.3. The summed E-state index contributed by atoms with van der Waals surface area (Å²) < 4.78 is 43.6. The van der Waals surface area contributed by atoms with E-state index >= 15 is 4.39 Å². The van der Waals surface area contributed by atoms with E-state index in [1.807, 2.05) is 27.7 Å². The summed E-state index contributed by atoms with van der Waals surface area (Å²) in [5.74, 6) is -1.33. The van der Waals surface area contributed by atoms with Crippen LogP contribution in [0.2, 0.25) is 10.0 Å². The molecular formula is C25H23Cl2F3. The largest absolute Gasteiger partial charge is 0.207 e. The van der Waals surface area contributed by atoms with Gasteiger partial charge in [-0.3, -0.25) is 0 Å². The first-order chi connectivity index (χ1) is 14.0. The normalized spacial score (nSPS) is 11.9. The van der Waals surface area contributed by atoms with Gasteiger partial charge in [0.15, 0.2) is 0 Å². The Morgan fingerprint density at radius 3 is 2.20 bits per heavy atom. The van der Waals surface area contributed by atoms with Gasteiger partial charge in [0.1, 0.15) is 17.5 Å². The van der Waals surface area contributed by atoms with E-state index in [1.165, 1.54) is 12.1 Å². The number of benzene rings is 3. The molecule has 0 aliphatic heterocycles. The van der Waals surface area contributed by atoms with Crippen molar-refractivity contribution in [1.29, 1.82) is 0 Å². The van der Waals surface area contributed by atoms with Crippen LogP contribution < -0.4 is 0 Å². The second kappa shape index (κ2) is 8.64. The maximum Gasteiger partial charge on any atom is 0.145 e. The van der Waals surface area contributed by atoms with E-state index in [0.717, 1.165) is 6.07 Å². The molecule has 0 saturated carbocycles. The molecule has 0 fully saturated rings. The molecule has 0 aromatic heterocycles. The summed E-state index contributed by atoms with van der Waals surface area (Å²) in [6.07, 6.45) is 0.346. The fourth-order valence-corrected chi connectivity index (χ4v) is 4.24. The third-order valence-corrected chi connectivity index (χ3v) is 6.12. The fourth-order valence-electron chi connectivity index (χ4n) is 3.73. The highest BCUT2D eigenvalue weighted by Gasteiger charge is 2.28. The van der Waals surface area contributed by atoms with E-state index in [1.54, 1.807) is 30.3 Å². The Morgan fingerprint density at radius 2 is 1.57 bits per heavy atom. The van der Waals surface area contributed by atoms with Crippen LogP contribution in [0.15, 0.2) is 48.5 Å². The molecule has 0 heterocycles. The first kappa shape index (κ1) is 22.7. The summed E-state index contributed by atoms with van der Waals surface area (Å²) >= 11 is 12.5. The van der Waals surface area contributed by atoms with E-state index in [-0.39, 0.29) is 21.5 Å². The second-order valence-electron chi connectivity index (χ2n) is 8.45. The number of hydrogen-bond acceptors (Lipinski definition) is 0. The topological polar surface area (TPSA) is 0 Å². The van der Waals surface area contributed by atoms with Crippen molar-refractivity contribution < 1.29 is 13.2 Å². The Kier molecular flexibility index (Phi) is 6.54. The lowest BCUT2D eigenvalue weighted by atomic mass is 9.77. The molecule has 0 atom stereocenters. The predicted molar refractivity (Wildman–Crippen MR) is 119 cm³/mol. The molecular weight excluding hydrogens is 428 g/mol. The molecule has 5 heteroatoms. The summed E-state index contributed by atoms with van der Waals surface area (Å²) in [7, 11) is 0. The van der Waals surface area contributed by atoms with E-state index in [0.29, 0.717) is 28.7 Å². The molecule has 0 nitrogen and oxygen atoms in total. The fraction of sp³-hybridized carbons (Fsp3) is 0.280. The van der Waals surface area contributed by atoms with E-state index in [2.05, 4.69) is 0 Å². The Bertz CT molecular complexity index is 1090. The molecule has 3 aromatic carbocycles. The second-order valence-corrected chi connectivity index (χ2v) is 9.23. The summed E-state index contributed by atoms with van der Waals surface area (Å²) in [6, 6.07) is 12.5. The van der Waals surface area contributed by atoms with Crippen molar-refractivity contribution in [1.82, 2.24) is 0 Å². The highest BCUT2D eigenvalue weighted by molar-refractivity contribution is 6.33. The van der Waals surface area contributed by atoms with Crippen molar-refractivity contribution in [3.8, 4) is 11.1 Å². The van der Waals surface area contributed by atoms with Crippen molar-refractivity contribution in [3.05, 3.63) is 92.7 Å². The van der Waals surface area contributed by atoms with Crippen LogP contribution in [-0.4, -0.2) is 0 Å². The molecule has 0 unspecified atom stereocenters. The van der Waals surface area contributed by atoms with Gasteiger partial charge in [0, 0.05) is 11.1 Å². The van der Waals surface area contributed by atoms with Crippen LogP contribution in [0.25, 0.3) is 11.1 Å². The van der Waals surface area contributed by atoms with Crippen LogP contribution in [0, 0.1) is 17.5 Å². The Morgan fingerprint density at radius 1 is 0.867 bits per heavy atom. The van der Waals surface area contributed by atoms with Gasteiger partial charge in [-0.05, 0) is 52.6 Å². The van der Waals surface area contributed by atoms with Gasteiger partial charge in [-0.1, -0.05) is 81.2 Å². The van der Waals surface area contributed by atoms with Crippen LogP contribution in [0.3, 0.4) is 0 Å². The Balaban J connectivity index is 2.02. The lowest BCUT2D eigenvalue weighted by molar-refractivity contribution is 0.480.